The van der Waals surface area contributed by atoms with Crippen LogP contribution in [0.3, 0.4) is 0 Å². The van der Waals surface area contributed by atoms with Gasteiger partial charge in [0.1, 0.15) is 0 Å². The van der Waals surface area contributed by atoms with Crippen LogP contribution in [0.25, 0.3) is 5.69 Å². The zero-order chi connectivity index (χ0) is 18.5. The van der Waals surface area contributed by atoms with E-state index in [4.69, 9.17) is 9.47 Å². The van der Waals surface area contributed by atoms with Crippen molar-refractivity contribution >= 4 is 11.6 Å². The summed E-state index contributed by atoms with van der Waals surface area (Å²) < 4.78 is 10.8. The van der Waals surface area contributed by atoms with Crippen molar-refractivity contribution in [2.75, 3.05) is 19.0 Å². The van der Waals surface area contributed by atoms with Crippen LogP contribution < -0.4 is 14.8 Å². The molecule has 7 nitrogen and oxygen atoms in total. The highest BCUT2D eigenvalue weighted by Crippen LogP contribution is 2.30. The predicted octanol–water partition coefficient (Wildman–Crippen LogP) is 3.24. The summed E-state index contributed by atoms with van der Waals surface area (Å²) in [6, 6.07) is 14.7. The number of nitrogens with zero attached hydrogens (tertiary/aromatic N) is 3. The van der Waals surface area contributed by atoms with Crippen molar-refractivity contribution in [3.63, 3.8) is 0 Å². The van der Waals surface area contributed by atoms with E-state index in [0.717, 1.165) is 5.69 Å². The molecular formula is C19H20N4O3. The minimum absolute atomic E-state index is 0.265. The number of hydrogen-bond acceptors (Lipinski definition) is 5. The number of methoxy groups -OCH3 is 1. The highest BCUT2D eigenvalue weighted by molar-refractivity contribution is 6.03. The first kappa shape index (κ1) is 17.5. The number of carbonyl (C=O) groups excluding carboxylic acids is 1. The minimum atomic E-state index is -0.337. The van der Waals surface area contributed by atoms with Gasteiger partial charge in [-0.2, -0.15) is 9.90 Å². The third-order valence-electron chi connectivity index (χ3n) is 3.71. The Morgan fingerprint density at radius 3 is 2.58 bits per heavy atom. The molecule has 1 aromatic heterocycles. The van der Waals surface area contributed by atoms with Gasteiger partial charge in [0.2, 0.25) is 0 Å². The highest BCUT2D eigenvalue weighted by Gasteiger charge is 2.17. The van der Waals surface area contributed by atoms with E-state index in [2.05, 4.69) is 15.5 Å². The summed E-state index contributed by atoms with van der Waals surface area (Å²) in [5.41, 5.74) is 2.19. The normalized spacial score (nSPS) is 10.4. The fourth-order valence-electron chi connectivity index (χ4n) is 2.48. The van der Waals surface area contributed by atoms with Gasteiger partial charge in [-0.05, 0) is 38.1 Å². The Morgan fingerprint density at radius 2 is 1.88 bits per heavy atom. The first-order chi connectivity index (χ1) is 12.6. The van der Waals surface area contributed by atoms with Crippen LogP contribution in [0.2, 0.25) is 0 Å². The number of rotatable bonds is 6. The maximum absolute atomic E-state index is 12.6. The van der Waals surface area contributed by atoms with Gasteiger partial charge in [-0.15, -0.1) is 5.10 Å². The second kappa shape index (κ2) is 7.69. The van der Waals surface area contributed by atoms with Gasteiger partial charge in [-0.3, -0.25) is 4.79 Å². The van der Waals surface area contributed by atoms with E-state index in [1.807, 2.05) is 37.3 Å². The van der Waals surface area contributed by atoms with E-state index in [1.165, 1.54) is 4.80 Å². The van der Waals surface area contributed by atoms with E-state index in [9.17, 15) is 4.79 Å². The van der Waals surface area contributed by atoms with Crippen LogP contribution >= 0.6 is 0 Å². The first-order valence-electron chi connectivity index (χ1n) is 8.24. The van der Waals surface area contributed by atoms with Crippen LogP contribution in [0.1, 0.15) is 23.1 Å². The van der Waals surface area contributed by atoms with Crippen LogP contribution in [0.5, 0.6) is 11.5 Å². The highest BCUT2D eigenvalue weighted by atomic mass is 16.5. The maximum atomic E-state index is 12.6. The van der Waals surface area contributed by atoms with Crippen LogP contribution in [-0.4, -0.2) is 34.6 Å². The molecular weight excluding hydrogens is 332 g/mol. The predicted molar refractivity (Wildman–Crippen MR) is 98.2 cm³/mol. The lowest BCUT2D eigenvalue weighted by molar-refractivity contribution is 0.102. The van der Waals surface area contributed by atoms with Crippen molar-refractivity contribution in [1.29, 1.82) is 0 Å². The van der Waals surface area contributed by atoms with Gasteiger partial charge in [0.05, 0.1) is 25.1 Å². The van der Waals surface area contributed by atoms with E-state index in [0.29, 0.717) is 29.5 Å². The number of nitrogens with one attached hydrogen (secondary N) is 1. The molecule has 0 aliphatic carbocycles. The number of carbonyl (C=O) groups is 1. The number of ether oxygens (including phenoxy) is 2. The summed E-state index contributed by atoms with van der Waals surface area (Å²) in [5.74, 6) is 0.837. The topological polar surface area (TPSA) is 78.3 Å². The smallest absolute Gasteiger partial charge is 0.278 e. The number of amides is 1. The molecule has 1 N–H and O–H groups in total. The standard InChI is InChI=1S/C19H20N4O3/c1-4-26-16-11-10-14(12-17(16)25-3)20-19(24)18-13(2)21-23(22-18)15-8-6-5-7-9-15/h5-12H,4H2,1-3H3,(H,20,24). The molecule has 3 rings (SSSR count). The number of benzene rings is 2. The Kier molecular flexibility index (Phi) is 5.17. The SMILES string of the molecule is CCOc1ccc(NC(=O)c2nn(-c3ccccc3)nc2C)cc1OC. The fraction of sp³-hybridized carbons (Fsp3) is 0.211. The number of aryl methyl sites for hydroxylation is 1. The molecule has 0 saturated heterocycles. The second-order valence-corrected chi connectivity index (χ2v) is 5.51. The average Bonchev–Trinajstić information content (AvgIpc) is 3.06. The van der Waals surface area contributed by atoms with Gasteiger partial charge < -0.3 is 14.8 Å². The van der Waals surface area contributed by atoms with Crippen molar-refractivity contribution in [3.05, 3.63) is 59.9 Å². The van der Waals surface area contributed by atoms with Crippen LogP contribution in [-0.2, 0) is 0 Å². The van der Waals surface area contributed by atoms with Crippen molar-refractivity contribution in [2.45, 2.75) is 13.8 Å². The summed E-state index contributed by atoms with van der Waals surface area (Å²) in [6.45, 7) is 4.18. The molecule has 0 atom stereocenters. The Balaban J connectivity index is 1.81. The average molecular weight is 352 g/mol. The number of para-hydroxylation sites is 1. The summed E-state index contributed by atoms with van der Waals surface area (Å²) in [5, 5.41) is 11.4. The zero-order valence-corrected chi connectivity index (χ0v) is 14.9. The Labute approximate surface area is 151 Å². The van der Waals surface area contributed by atoms with Gasteiger partial charge in [-0.25, -0.2) is 0 Å². The summed E-state index contributed by atoms with van der Waals surface area (Å²) >= 11 is 0. The van der Waals surface area contributed by atoms with Gasteiger partial charge >= 0.3 is 0 Å². The third-order valence-corrected chi connectivity index (χ3v) is 3.71. The van der Waals surface area contributed by atoms with Crippen LogP contribution in [0.15, 0.2) is 48.5 Å². The molecule has 0 aliphatic heterocycles. The molecule has 1 amide bonds. The molecule has 0 fully saturated rings. The lowest BCUT2D eigenvalue weighted by Crippen LogP contribution is -2.14. The molecule has 0 bridgehead atoms. The molecule has 2 aromatic carbocycles. The number of aromatic nitrogens is 3. The Hall–Kier alpha value is -3.35. The summed E-state index contributed by atoms with van der Waals surface area (Å²) in [4.78, 5) is 14.0. The quantitative estimate of drug-likeness (QED) is 0.737. The minimum Gasteiger partial charge on any atom is -0.493 e. The molecule has 1 heterocycles. The van der Waals surface area contributed by atoms with Crippen molar-refractivity contribution in [1.82, 2.24) is 15.0 Å². The number of hydrogen-bond donors (Lipinski definition) is 1. The Morgan fingerprint density at radius 1 is 1.12 bits per heavy atom. The van der Waals surface area contributed by atoms with E-state index >= 15 is 0 Å². The Bertz CT molecular complexity index is 906. The van der Waals surface area contributed by atoms with Crippen molar-refractivity contribution in [3.8, 4) is 17.2 Å². The summed E-state index contributed by atoms with van der Waals surface area (Å²) in [6.07, 6.45) is 0. The van der Waals surface area contributed by atoms with Crippen molar-refractivity contribution < 1.29 is 14.3 Å². The molecule has 0 unspecified atom stereocenters. The summed E-state index contributed by atoms with van der Waals surface area (Å²) in [7, 11) is 1.55. The molecule has 0 aliphatic rings. The molecule has 134 valence electrons. The lowest BCUT2D eigenvalue weighted by Gasteiger charge is -2.11. The molecule has 3 aromatic rings. The monoisotopic (exact) mass is 352 g/mol. The van der Waals surface area contributed by atoms with Gasteiger partial charge in [-0.1, -0.05) is 18.2 Å². The molecule has 0 spiro atoms. The van der Waals surface area contributed by atoms with Crippen molar-refractivity contribution in [2.24, 2.45) is 0 Å². The van der Waals surface area contributed by atoms with E-state index in [1.54, 1.807) is 32.2 Å². The zero-order valence-electron chi connectivity index (χ0n) is 14.9. The first-order valence-corrected chi connectivity index (χ1v) is 8.24. The molecule has 7 heteroatoms. The largest absolute Gasteiger partial charge is 0.493 e. The second-order valence-electron chi connectivity index (χ2n) is 5.51. The molecule has 26 heavy (non-hydrogen) atoms. The van der Waals surface area contributed by atoms with Gasteiger partial charge in [0, 0.05) is 11.8 Å². The van der Waals surface area contributed by atoms with Gasteiger partial charge in [0.25, 0.3) is 5.91 Å². The third kappa shape index (κ3) is 3.66. The maximum Gasteiger partial charge on any atom is 0.278 e. The van der Waals surface area contributed by atoms with E-state index < -0.39 is 0 Å². The van der Waals surface area contributed by atoms with Crippen LogP contribution in [0, 0.1) is 6.92 Å². The number of anilines is 1. The van der Waals surface area contributed by atoms with Gasteiger partial charge in [0.15, 0.2) is 17.2 Å². The molecule has 0 saturated carbocycles. The fourth-order valence-corrected chi connectivity index (χ4v) is 2.48. The van der Waals surface area contributed by atoms with Crippen LogP contribution in [0.4, 0.5) is 5.69 Å². The molecule has 0 radical (unpaired) electrons. The van der Waals surface area contributed by atoms with E-state index in [-0.39, 0.29) is 11.6 Å². The lowest BCUT2D eigenvalue weighted by atomic mass is 10.2.